The van der Waals surface area contributed by atoms with Crippen LogP contribution in [0.15, 0.2) is 51.6 Å². The maximum Gasteiger partial charge on any atom is 0.183 e. The van der Waals surface area contributed by atoms with E-state index < -0.39 is 0 Å². The maximum absolute atomic E-state index is 12.0. The van der Waals surface area contributed by atoms with Crippen LogP contribution in [0.1, 0.15) is 16.6 Å². The summed E-state index contributed by atoms with van der Waals surface area (Å²) >= 11 is 4.98. The second-order valence-corrected chi connectivity index (χ2v) is 7.27. The zero-order chi connectivity index (χ0) is 12.8. The van der Waals surface area contributed by atoms with Gasteiger partial charge in [0, 0.05) is 4.90 Å². The van der Waals surface area contributed by atoms with Gasteiger partial charge in [-0.25, -0.2) is 0 Å². The lowest BCUT2D eigenvalue weighted by molar-refractivity contribution is 0.102. The van der Waals surface area contributed by atoms with Crippen LogP contribution in [-0.2, 0) is 0 Å². The smallest absolute Gasteiger partial charge is 0.183 e. The van der Waals surface area contributed by atoms with E-state index in [0.29, 0.717) is 5.75 Å². The zero-order valence-corrected chi connectivity index (χ0v) is 12.5. The van der Waals surface area contributed by atoms with Gasteiger partial charge in [0.05, 0.1) is 14.8 Å². The highest BCUT2D eigenvalue weighted by Crippen LogP contribution is 2.28. The fraction of sp³-hybridized carbons (Fsp3) is 0.214. The van der Waals surface area contributed by atoms with Gasteiger partial charge in [-0.1, -0.05) is 25.1 Å². The number of rotatable bonds is 6. The molecule has 94 valence electrons. The average molecular weight is 294 g/mol. The normalized spacial score (nSPS) is 10.5. The highest BCUT2D eigenvalue weighted by atomic mass is 32.2. The van der Waals surface area contributed by atoms with Crippen molar-refractivity contribution in [3.05, 3.63) is 47.3 Å². The molecule has 0 aliphatic carbocycles. The fourth-order valence-corrected chi connectivity index (χ4v) is 4.30. The molecule has 0 fully saturated rings. The predicted molar refractivity (Wildman–Crippen MR) is 82.2 cm³/mol. The standard InChI is InChI=1S/C14H14OS3/c1-2-16-14-9-8-13(18-14)12(15)10-17-11-6-4-3-5-7-11/h3-9H,2,10H2,1H3. The largest absolute Gasteiger partial charge is 0.292 e. The first-order valence-electron chi connectivity index (χ1n) is 5.73. The van der Waals surface area contributed by atoms with E-state index in [9.17, 15) is 4.79 Å². The van der Waals surface area contributed by atoms with Gasteiger partial charge in [0.15, 0.2) is 5.78 Å². The van der Waals surface area contributed by atoms with Gasteiger partial charge in [-0.3, -0.25) is 4.79 Å². The summed E-state index contributed by atoms with van der Waals surface area (Å²) in [5.74, 6) is 1.78. The summed E-state index contributed by atoms with van der Waals surface area (Å²) in [6.45, 7) is 2.12. The number of hydrogen-bond donors (Lipinski definition) is 0. The van der Waals surface area contributed by atoms with Crippen molar-refractivity contribution in [3.63, 3.8) is 0 Å². The molecule has 0 unspecified atom stereocenters. The second-order valence-electron chi connectivity index (χ2n) is 3.58. The van der Waals surface area contributed by atoms with E-state index in [1.165, 1.54) is 4.21 Å². The molecule has 18 heavy (non-hydrogen) atoms. The van der Waals surface area contributed by atoms with Gasteiger partial charge in [0.25, 0.3) is 0 Å². The van der Waals surface area contributed by atoms with Gasteiger partial charge in [0.2, 0.25) is 0 Å². The third-order valence-electron chi connectivity index (χ3n) is 2.26. The fourth-order valence-electron chi connectivity index (χ4n) is 1.43. The molecule has 0 atom stereocenters. The Morgan fingerprint density at radius 3 is 2.61 bits per heavy atom. The van der Waals surface area contributed by atoms with Gasteiger partial charge >= 0.3 is 0 Å². The van der Waals surface area contributed by atoms with E-state index in [-0.39, 0.29) is 5.78 Å². The quantitative estimate of drug-likeness (QED) is 0.561. The van der Waals surface area contributed by atoms with Gasteiger partial charge < -0.3 is 0 Å². The van der Waals surface area contributed by atoms with Crippen molar-refractivity contribution in [1.82, 2.24) is 0 Å². The predicted octanol–water partition coefficient (Wildman–Crippen LogP) is 4.84. The molecule has 0 radical (unpaired) electrons. The van der Waals surface area contributed by atoms with Crippen molar-refractivity contribution in [3.8, 4) is 0 Å². The van der Waals surface area contributed by atoms with Crippen LogP contribution in [0.2, 0.25) is 0 Å². The molecule has 4 heteroatoms. The molecule has 2 aromatic rings. The van der Waals surface area contributed by atoms with Crippen LogP contribution in [-0.4, -0.2) is 17.3 Å². The Morgan fingerprint density at radius 1 is 1.11 bits per heavy atom. The molecule has 0 bridgehead atoms. The Kier molecular flexibility index (Phi) is 5.35. The molecule has 2 rings (SSSR count). The van der Waals surface area contributed by atoms with E-state index >= 15 is 0 Å². The zero-order valence-electron chi connectivity index (χ0n) is 10.1. The van der Waals surface area contributed by atoms with E-state index in [1.54, 1.807) is 34.9 Å². The molecular weight excluding hydrogens is 280 g/mol. The highest BCUT2D eigenvalue weighted by Gasteiger charge is 2.09. The lowest BCUT2D eigenvalue weighted by Gasteiger charge is -1.99. The highest BCUT2D eigenvalue weighted by molar-refractivity contribution is 8.01. The van der Waals surface area contributed by atoms with Gasteiger partial charge in [-0.05, 0) is 30.0 Å². The lowest BCUT2D eigenvalue weighted by Crippen LogP contribution is -1.98. The minimum Gasteiger partial charge on any atom is -0.292 e. The Hall–Kier alpha value is -0.710. The number of carbonyl (C=O) groups excluding carboxylic acids is 1. The molecule has 0 spiro atoms. The van der Waals surface area contributed by atoms with Crippen LogP contribution < -0.4 is 0 Å². The Bertz CT molecular complexity index is 505. The second kappa shape index (κ2) is 7.02. The number of Topliss-reactive ketones (excluding diaryl/α,β-unsaturated/α-hetero) is 1. The maximum atomic E-state index is 12.0. The molecule has 0 aliphatic rings. The van der Waals surface area contributed by atoms with Crippen molar-refractivity contribution in [2.24, 2.45) is 0 Å². The monoisotopic (exact) mass is 294 g/mol. The van der Waals surface area contributed by atoms with Crippen LogP contribution in [0.25, 0.3) is 0 Å². The number of thiophene rings is 1. The van der Waals surface area contributed by atoms with Gasteiger partial charge in [-0.15, -0.1) is 34.9 Å². The molecule has 1 aromatic carbocycles. The molecule has 0 aliphatic heterocycles. The number of hydrogen-bond acceptors (Lipinski definition) is 4. The van der Waals surface area contributed by atoms with E-state index in [1.807, 2.05) is 42.5 Å². The number of carbonyl (C=O) groups is 1. The summed E-state index contributed by atoms with van der Waals surface area (Å²) in [6.07, 6.45) is 0. The molecule has 0 amide bonds. The van der Waals surface area contributed by atoms with E-state index in [0.717, 1.165) is 15.5 Å². The van der Waals surface area contributed by atoms with Gasteiger partial charge in [0.1, 0.15) is 0 Å². The Morgan fingerprint density at radius 2 is 1.89 bits per heavy atom. The van der Waals surface area contributed by atoms with Crippen LogP contribution in [0, 0.1) is 0 Å². The number of benzene rings is 1. The summed E-state index contributed by atoms with van der Waals surface area (Å²) in [5.41, 5.74) is 0. The summed E-state index contributed by atoms with van der Waals surface area (Å²) in [4.78, 5) is 14.0. The van der Waals surface area contributed by atoms with Crippen molar-refractivity contribution < 1.29 is 4.79 Å². The lowest BCUT2D eigenvalue weighted by atomic mass is 10.3. The number of ketones is 1. The van der Waals surface area contributed by atoms with Crippen LogP contribution in [0.3, 0.4) is 0 Å². The first-order valence-corrected chi connectivity index (χ1v) is 8.52. The number of thioether (sulfide) groups is 2. The van der Waals surface area contributed by atoms with Crippen molar-refractivity contribution >= 4 is 40.6 Å². The average Bonchev–Trinajstić information content (AvgIpc) is 2.86. The Balaban J connectivity index is 1.91. The molecule has 0 saturated heterocycles. The summed E-state index contributed by atoms with van der Waals surface area (Å²) in [5, 5.41) is 0. The summed E-state index contributed by atoms with van der Waals surface area (Å²) < 4.78 is 1.23. The molecule has 0 saturated carbocycles. The molecule has 0 N–H and O–H groups in total. The van der Waals surface area contributed by atoms with Crippen LogP contribution >= 0.6 is 34.9 Å². The first-order chi connectivity index (χ1) is 8.79. The molecule has 1 aromatic heterocycles. The molecule has 1 heterocycles. The van der Waals surface area contributed by atoms with Crippen LogP contribution in [0.5, 0.6) is 0 Å². The van der Waals surface area contributed by atoms with Crippen molar-refractivity contribution in [2.75, 3.05) is 11.5 Å². The minimum absolute atomic E-state index is 0.219. The van der Waals surface area contributed by atoms with Crippen molar-refractivity contribution in [2.45, 2.75) is 16.0 Å². The minimum atomic E-state index is 0.219. The molecule has 1 nitrogen and oxygen atoms in total. The molecular formula is C14H14OS3. The van der Waals surface area contributed by atoms with Crippen molar-refractivity contribution in [1.29, 1.82) is 0 Å². The first kappa shape index (κ1) is 13.7. The third kappa shape index (κ3) is 3.90. The van der Waals surface area contributed by atoms with Gasteiger partial charge in [-0.2, -0.15) is 0 Å². The van der Waals surface area contributed by atoms with E-state index in [4.69, 9.17) is 0 Å². The third-order valence-corrected chi connectivity index (χ3v) is 5.50. The summed E-state index contributed by atoms with van der Waals surface area (Å²) in [6, 6.07) is 14.0. The van der Waals surface area contributed by atoms with E-state index in [2.05, 4.69) is 6.92 Å². The van der Waals surface area contributed by atoms with Crippen LogP contribution in [0.4, 0.5) is 0 Å². The SMILES string of the molecule is CCSc1ccc(C(=O)CSc2ccccc2)s1. The topological polar surface area (TPSA) is 17.1 Å². The Labute approximate surface area is 120 Å². The summed E-state index contributed by atoms with van der Waals surface area (Å²) in [7, 11) is 0.